The van der Waals surface area contributed by atoms with Crippen LogP contribution in [0.25, 0.3) is 0 Å². The first-order chi connectivity index (χ1) is 10.2. The molecule has 0 aromatic carbocycles. The summed E-state index contributed by atoms with van der Waals surface area (Å²) in [7, 11) is 0. The van der Waals surface area contributed by atoms with E-state index in [2.05, 4.69) is 0 Å². The Hall–Kier alpha value is -2.05. The largest absolute Gasteiger partial charge is 0.480 e. The Kier molecular flexibility index (Phi) is 4.44. The van der Waals surface area contributed by atoms with Crippen LogP contribution in [0, 0.1) is 0 Å². The lowest BCUT2D eigenvalue weighted by molar-refractivity contribution is -0.147. The van der Waals surface area contributed by atoms with Crippen LogP contribution in [0.1, 0.15) is 6.23 Å². The Morgan fingerprint density at radius 2 is 2.00 bits per heavy atom. The fraction of sp³-hybridized carbons (Fsp3) is 0.545. The van der Waals surface area contributed by atoms with Crippen molar-refractivity contribution in [3.63, 3.8) is 0 Å². The summed E-state index contributed by atoms with van der Waals surface area (Å²) in [4.78, 5) is 35.3. The maximum Gasteiger partial charge on any atom is 0.330 e. The van der Waals surface area contributed by atoms with Gasteiger partial charge in [0.2, 0.25) is 0 Å². The van der Waals surface area contributed by atoms with Crippen molar-refractivity contribution < 1.29 is 30.0 Å². The summed E-state index contributed by atoms with van der Waals surface area (Å²) < 4.78 is 5.97. The molecule has 0 saturated carbocycles. The van der Waals surface area contributed by atoms with Crippen LogP contribution in [0.2, 0.25) is 0 Å². The number of H-pyrrole nitrogens is 1. The van der Waals surface area contributed by atoms with E-state index in [0.29, 0.717) is 0 Å². The van der Waals surface area contributed by atoms with Crippen LogP contribution in [-0.2, 0) is 9.53 Å². The van der Waals surface area contributed by atoms with Gasteiger partial charge in [-0.25, -0.2) is 4.79 Å². The number of ether oxygens (including phenoxy) is 1. The molecule has 3 unspecified atom stereocenters. The van der Waals surface area contributed by atoms with E-state index < -0.39 is 53.9 Å². The zero-order chi connectivity index (χ0) is 16.6. The molecule has 1 aliphatic rings. The van der Waals surface area contributed by atoms with E-state index in [1.165, 1.54) is 0 Å². The van der Waals surface area contributed by atoms with Crippen LogP contribution in [0.5, 0.6) is 0 Å². The van der Waals surface area contributed by atoms with Gasteiger partial charge in [-0.1, -0.05) is 0 Å². The summed E-state index contributed by atoms with van der Waals surface area (Å²) >= 11 is 0. The van der Waals surface area contributed by atoms with Gasteiger partial charge in [0.15, 0.2) is 6.23 Å². The van der Waals surface area contributed by atoms with Gasteiger partial charge < -0.3 is 30.9 Å². The summed E-state index contributed by atoms with van der Waals surface area (Å²) in [6.45, 7) is 0. The van der Waals surface area contributed by atoms with Gasteiger partial charge in [0.25, 0.3) is 5.56 Å². The third kappa shape index (κ3) is 2.80. The number of hydrogen-bond donors (Lipinski definition) is 6. The molecule has 2 rings (SSSR count). The lowest BCUT2D eigenvalue weighted by Crippen LogP contribution is -2.51. The summed E-state index contributed by atoms with van der Waals surface area (Å²) in [6, 6.07) is -0.755. The highest BCUT2D eigenvalue weighted by molar-refractivity contribution is 5.74. The molecule has 0 radical (unpaired) electrons. The third-order valence-electron chi connectivity index (χ3n) is 3.39. The molecule has 0 bridgehead atoms. The Morgan fingerprint density at radius 3 is 2.55 bits per heavy atom. The topological polar surface area (TPSA) is 188 Å². The van der Waals surface area contributed by atoms with E-state index in [0.717, 1.165) is 16.8 Å². The molecule has 0 aliphatic carbocycles. The van der Waals surface area contributed by atoms with Gasteiger partial charge in [-0.15, -0.1) is 0 Å². The van der Waals surface area contributed by atoms with Crippen LogP contribution in [0.4, 0.5) is 0 Å². The third-order valence-corrected chi connectivity index (χ3v) is 3.39. The monoisotopic (exact) mass is 317 g/mol. The normalized spacial score (nSPS) is 30.9. The Morgan fingerprint density at radius 1 is 1.36 bits per heavy atom. The number of hydrogen-bond acceptors (Lipinski definition) is 8. The fourth-order valence-corrected chi connectivity index (χ4v) is 2.18. The highest BCUT2D eigenvalue weighted by Crippen LogP contribution is 2.30. The number of aliphatic hydroxyl groups excluding tert-OH is 3. The van der Waals surface area contributed by atoms with E-state index in [9.17, 15) is 29.7 Å². The number of rotatable bonds is 4. The first-order valence-electron chi connectivity index (χ1n) is 6.23. The van der Waals surface area contributed by atoms with Crippen molar-refractivity contribution in [2.24, 2.45) is 5.73 Å². The maximum absolute atomic E-state index is 11.7. The van der Waals surface area contributed by atoms with Crippen molar-refractivity contribution in [1.29, 1.82) is 0 Å². The molecular weight excluding hydrogens is 302 g/mol. The number of nitrogens with two attached hydrogens (primary N) is 1. The average molecular weight is 317 g/mol. The summed E-state index contributed by atoms with van der Waals surface area (Å²) in [6.07, 6.45) is -7.03. The van der Waals surface area contributed by atoms with Gasteiger partial charge in [-0.3, -0.25) is 19.1 Å². The second-order valence-corrected chi connectivity index (χ2v) is 4.84. The Bertz CT molecular complexity index is 670. The van der Waals surface area contributed by atoms with Gasteiger partial charge in [-0.2, -0.15) is 0 Å². The molecule has 22 heavy (non-hydrogen) atoms. The van der Waals surface area contributed by atoms with Crippen LogP contribution < -0.4 is 17.0 Å². The zero-order valence-corrected chi connectivity index (χ0v) is 11.1. The quantitative estimate of drug-likeness (QED) is 0.321. The number of aliphatic carboxylic acids is 1. The number of nitrogens with zero attached hydrogens (tertiary/aromatic N) is 1. The molecule has 11 heteroatoms. The molecule has 0 amide bonds. The SMILES string of the molecule is NC(C(=O)O)C(O)[C@H]1O[C@@H](n2ccc(=O)[nH]c2=O)C(O)[C@H]1O. The fourth-order valence-electron chi connectivity index (χ4n) is 2.18. The van der Waals surface area contributed by atoms with Crippen LogP contribution >= 0.6 is 0 Å². The number of aromatic amines is 1. The van der Waals surface area contributed by atoms with E-state index in [1.54, 1.807) is 0 Å². The average Bonchev–Trinajstić information content (AvgIpc) is 2.74. The molecular formula is C11H15N3O8. The minimum Gasteiger partial charge on any atom is -0.480 e. The molecule has 1 fully saturated rings. The van der Waals surface area contributed by atoms with E-state index >= 15 is 0 Å². The summed E-state index contributed by atoms with van der Waals surface area (Å²) in [5, 5.41) is 38.3. The maximum atomic E-state index is 11.7. The first-order valence-corrected chi connectivity index (χ1v) is 6.23. The summed E-state index contributed by atoms with van der Waals surface area (Å²) in [5.41, 5.74) is 3.67. The van der Waals surface area contributed by atoms with E-state index in [4.69, 9.17) is 15.6 Å². The second kappa shape index (κ2) is 5.98. The van der Waals surface area contributed by atoms with Gasteiger partial charge >= 0.3 is 11.7 Å². The molecule has 0 spiro atoms. The van der Waals surface area contributed by atoms with Crippen molar-refractivity contribution in [3.8, 4) is 0 Å². The van der Waals surface area contributed by atoms with E-state index in [-0.39, 0.29) is 0 Å². The molecule has 7 N–H and O–H groups in total. The highest BCUT2D eigenvalue weighted by Gasteiger charge is 2.49. The number of nitrogens with one attached hydrogen (secondary N) is 1. The molecule has 1 saturated heterocycles. The number of aliphatic hydroxyl groups is 3. The molecule has 122 valence electrons. The Labute approximate surface area is 122 Å². The number of carboxylic acids is 1. The van der Waals surface area contributed by atoms with Crippen LogP contribution in [-0.4, -0.2) is 66.4 Å². The molecule has 1 aromatic heterocycles. The van der Waals surface area contributed by atoms with E-state index in [1.807, 2.05) is 4.98 Å². The van der Waals surface area contributed by atoms with Gasteiger partial charge in [0, 0.05) is 12.3 Å². The molecule has 1 aromatic rings. The number of aromatic nitrogens is 2. The van der Waals surface area contributed by atoms with Crippen LogP contribution in [0.15, 0.2) is 21.9 Å². The standard InChI is InChI=1S/C11H15N3O8/c12-4(10(19)20)5(16)8-6(17)7(18)9(22-8)14-2-1-3(15)13-11(14)21/h1-2,4-9,16-18H,12H2,(H,19,20)(H,13,15,21)/t4?,5?,6-,7?,8-,9-/m1/s1. The number of carboxylic acid groups (broad SMARTS) is 1. The van der Waals surface area contributed by atoms with Crippen LogP contribution in [0.3, 0.4) is 0 Å². The molecule has 1 aliphatic heterocycles. The van der Waals surface area contributed by atoms with Crippen molar-refractivity contribution in [3.05, 3.63) is 33.1 Å². The van der Waals surface area contributed by atoms with Crippen molar-refractivity contribution in [2.45, 2.75) is 36.7 Å². The Balaban J connectivity index is 2.28. The van der Waals surface area contributed by atoms with Crippen molar-refractivity contribution >= 4 is 5.97 Å². The molecule has 11 nitrogen and oxygen atoms in total. The molecule has 6 atom stereocenters. The zero-order valence-electron chi connectivity index (χ0n) is 11.1. The second-order valence-electron chi connectivity index (χ2n) is 4.84. The lowest BCUT2D eigenvalue weighted by atomic mass is 10.0. The lowest BCUT2D eigenvalue weighted by Gasteiger charge is -2.23. The van der Waals surface area contributed by atoms with Gasteiger partial charge in [-0.05, 0) is 0 Å². The van der Waals surface area contributed by atoms with Gasteiger partial charge in [0.05, 0.1) is 0 Å². The van der Waals surface area contributed by atoms with Gasteiger partial charge in [0.1, 0.15) is 30.5 Å². The summed E-state index contributed by atoms with van der Waals surface area (Å²) in [5.74, 6) is -1.53. The minimum atomic E-state index is -1.81. The first kappa shape index (κ1) is 16.3. The smallest absolute Gasteiger partial charge is 0.330 e. The predicted octanol–water partition coefficient (Wildman–Crippen LogP) is -4.07. The van der Waals surface area contributed by atoms with Crippen molar-refractivity contribution in [1.82, 2.24) is 9.55 Å². The highest BCUT2D eigenvalue weighted by atomic mass is 16.6. The van der Waals surface area contributed by atoms with Crippen molar-refractivity contribution in [2.75, 3.05) is 0 Å². The minimum absolute atomic E-state index is 0.668. The predicted molar refractivity (Wildman–Crippen MR) is 68.9 cm³/mol. The number of carbonyl (C=O) groups is 1. The molecule has 2 heterocycles.